The normalized spacial score (nSPS) is 14.1. The van der Waals surface area contributed by atoms with Crippen molar-refractivity contribution in [3.8, 4) is 11.5 Å². The monoisotopic (exact) mass is 489 g/mol. The first-order valence-corrected chi connectivity index (χ1v) is 12.6. The Balaban J connectivity index is 1.29. The van der Waals surface area contributed by atoms with E-state index in [1.807, 2.05) is 57.2 Å². The molecule has 0 radical (unpaired) electrons. The second-order valence-electron chi connectivity index (χ2n) is 9.07. The topological polar surface area (TPSA) is 64.1 Å². The summed E-state index contributed by atoms with van der Waals surface area (Å²) in [6, 6.07) is 19.8. The first-order chi connectivity index (χ1) is 17.5. The van der Waals surface area contributed by atoms with Crippen LogP contribution in [0, 0.1) is 0 Å². The number of hydrogen-bond donors (Lipinski definition) is 0. The van der Waals surface area contributed by atoms with Gasteiger partial charge < -0.3 is 19.1 Å². The van der Waals surface area contributed by atoms with Crippen LogP contribution in [0.15, 0.2) is 66.9 Å². The molecule has 0 unspecified atom stereocenters. The van der Waals surface area contributed by atoms with Crippen molar-refractivity contribution in [2.45, 2.75) is 40.0 Å². The zero-order valence-corrected chi connectivity index (χ0v) is 21.4. The number of piperazine rings is 1. The van der Waals surface area contributed by atoms with Gasteiger partial charge in [0.1, 0.15) is 29.5 Å². The van der Waals surface area contributed by atoms with Crippen molar-refractivity contribution < 1.29 is 19.0 Å². The summed E-state index contributed by atoms with van der Waals surface area (Å²) in [7, 11) is 0. The highest BCUT2D eigenvalue weighted by Gasteiger charge is 2.23. The van der Waals surface area contributed by atoms with Crippen molar-refractivity contribution in [1.82, 2.24) is 9.88 Å². The van der Waals surface area contributed by atoms with Crippen LogP contribution in [0.5, 0.6) is 11.5 Å². The highest BCUT2D eigenvalue weighted by atomic mass is 16.5. The summed E-state index contributed by atoms with van der Waals surface area (Å²) in [6.45, 7) is 11.1. The Labute approximate surface area is 213 Å². The number of nitrogens with zero attached hydrogens (tertiary/aromatic N) is 3. The third-order valence-electron chi connectivity index (χ3n) is 6.02. The number of hydrogen-bond acceptors (Lipinski definition) is 7. The van der Waals surface area contributed by atoms with E-state index in [0.717, 1.165) is 49.8 Å². The average Bonchev–Trinajstić information content (AvgIpc) is 2.89. The fraction of sp³-hybridized carbons (Fsp3) is 0.379. The van der Waals surface area contributed by atoms with Crippen molar-refractivity contribution in [2.24, 2.45) is 0 Å². The number of pyridine rings is 1. The van der Waals surface area contributed by atoms with E-state index >= 15 is 0 Å². The number of para-hydroxylation sites is 1. The predicted molar refractivity (Wildman–Crippen MR) is 141 cm³/mol. The fourth-order valence-electron chi connectivity index (χ4n) is 4.23. The van der Waals surface area contributed by atoms with Crippen molar-refractivity contribution in [1.29, 1.82) is 0 Å². The van der Waals surface area contributed by atoms with Crippen molar-refractivity contribution in [3.05, 3.63) is 83.6 Å². The van der Waals surface area contributed by atoms with E-state index in [1.165, 1.54) is 5.56 Å². The van der Waals surface area contributed by atoms with Crippen LogP contribution < -0.4 is 14.4 Å². The minimum Gasteiger partial charge on any atom is -0.493 e. The maximum atomic E-state index is 12.5. The Morgan fingerprint density at radius 1 is 0.944 bits per heavy atom. The van der Waals surface area contributed by atoms with Gasteiger partial charge in [0, 0.05) is 44.5 Å². The summed E-state index contributed by atoms with van der Waals surface area (Å²) in [5.74, 6) is 2.09. The fourth-order valence-corrected chi connectivity index (χ4v) is 4.23. The molecule has 0 bridgehead atoms. The number of rotatable bonds is 10. The SMILES string of the molecule is CCOc1ccccc1COc1ccc(CN2CCN(c3ncccc3C(=O)OC(C)C)CC2)cc1. The molecule has 0 saturated carbocycles. The lowest BCUT2D eigenvalue weighted by atomic mass is 10.1. The van der Waals surface area contributed by atoms with Gasteiger partial charge in [-0.15, -0.1) is 0 Å². The number of carbonyl (C=O) groups is 1. The summed E-state index contributed by atoms with van der Waals surface area (Å²) < 4.78 is 17.1. The molecule has 1 aromatic heterocycles. The Kier molecular flexibility index (Phi) is 8.79. The zero-order chi connectivity index (χ0) is 25.3. The molecule has 0 aliphatic carbocycles. The van der Waals surface area contributed by atoms with Crippen molar-refractivity contribution >= 4 is 11.8 Å². The standard InChI is InChI=1S/C29H35N3O4/c1-4-34-27-10-6-5-8-24(27)21-35-25-13-11-23(12-14-25)20-31-16-18-32(19-17-31)28-26(9-7-15-30-28)29(33)36-22(2)3/h5-15,22H,4,16-21H2,1-3H3. The molecule has 0 N–H and O–H groups in total. The van der Waals surface area contributed by atoms with Crippen LogP contribution in [0.1, 0.15) is 42.3 Å². The number of esters is 1. The highest BCUT2D eigenvalue weighted by molar-refractivity contribution is 5.94. The molecule has 7 nitrogen and oxygen atoms in total. The maximum Gasteiger partial charge on any atom is 0.342 e. The summed E-state index contributed by atoms with van der Waals surface area (Å²) >= 11 is 0. The van der Waals surface area contributed by atoms with Crippen molar-refractivity contribution in [3.63, 3.8) is 0 Å². The maximum absolute atomic E-state index is 12.5. The van der Waals surface area contributed by atoms with Gasteiger partial charge in [-0.3, -0.25) is 4.90 Å². The largest absolute Gasteiger partial charge is 0.493 e. The van der Waals surface area contributed by atoms with Gasteiger partial charge in [-0.1, -0.05) is 30.3 Å². The van der Waals surface area contributed by atoms with Crippen LogP contribution in [-0.4, -0.2) is 54.7 Å². The summed E-state index contributed by atoms with van der Waals surface area (Å²) in [6.07, 6.45) is 1.57. The van der Waals surface area contributed by atoms with E-state index in [0.29, 0.717) is 24.6 Å². The molecule has 2 aromatic carbocycles. The molecule has 0 atom stereocenters. The molecule has 0 amide bonds. The van der Waals surface area contributed by atoms with Gasteiger partial charge in [-0.25, -0.2) is 9.78 Å². The first-order valence-electron chi connectivity index (χ1n) is 12.6. The van der Waals surface area contributed by atoms with Gasteiger partial charge in [-0.05, 0) is 56.7 Å². The van der Waals surface area contributed by atoms with Crippen LogP contribution in [0.4, 0.5) is 5.82 Å². The molecule has 1 fully saturated rings. The van der Waals surface area contributed by atoms with Crippen LogP contribution >= 0.6 is 0 Å². The number of carbonyl (C=O) groups excluding carboxylic acids is 1. The molecule has 4 rings (SSSR count). The van der Waals surface area contributed by atoms with Gasteiger partial charge >= 0.3 is 5.97 Å². The predicted octanol–water partition coefficient (Wildman–Crippen LogP) is 4.95. The molecule has 0 spiro atoms. The summed E-state index contributed by atoms with van der Waals surface area (Å²) in [5, 5.41) is 0. The number of anilines is 1. The molecule has 1 aliphatic rings. The van der Waals surface area contributed by atoms with E-state index in [4.69, 9.17) is 14.2 Å². The summed E-state index contributed by atoms with van der Waals surface area (Å²) in [4.78, 5) is 21.6. The molecule has 2 heterocycles. The van der Waals surface area contributed by atoms with E-state index in [9.17, 15) is 4.79 Å². The third kappa shape index (κ3) is 6.76. The number of aromatic nitrogens is 1. The number of benzene rings is 2. The van der Waals surface area contributed by atoms with E-state index in [2.05, 4.69) is 26.9 Å². The second kappa shape index (κ2) is 12.4. The molecular weight excluding hydrogens is 454 g/mol. The summed E-state index contributed by atoms with van der Waals surface area (Å²) in [5.41, 5.74) is 2.80. The zero-order valence-electron chi connectivity index (χ0n) is 21.4. The van der Waals surface area contributed by atoms with Gasteiger partial charge in [-0.2, -0.15) is 0 Å². The molecule has 7 heteroatoms. The van der Waals surface area contributed by atoms with Crippen molar-refractivity contribution in [2.75, 3.05) is 37.7 Å². The molecule has 1 saturated heterocycles. The first kappa shape index (κ1) is 25.5. The van der Waals surface area contributed by atoms with Crippen LogP contribution in [-0.2, 0) is 17.9 Å². The van der Waals surface area contributed by atoms with E-state index in [1.54, 1.807) is 18.3 Å². The minimum absolute atomic E-state index is 0.162. The van der Waals surface area contributed by atoms with Crippen LogP contribution in [0.25, 0.3) is 0 Å². The lowest BCUT2D eigenvalue weighted by Crippen LogP contribution is -2.46. The lowest BCUT2D eigenvalue weighted by Gasteiger charge is -2.36. The molecule has 36 heavy (non-hydrogen) atoms. The molecule has 190 valence electrons. The lowest BCUT2D eigenvalue weighted by molar-refractivity contribution is 0.0378. The van der Waals surface area contributed by atoms with Gasteiger partial charge in [0.15, 0.2) is 0 Å². The smallest absolute Gasteiger partial charge is 0.342 e. The van der Waals surface area contributed by atoms with Crippen LogP contribution in [0.3, 0.4) is 0 Å². The number of ether oxygens (including phenoxy) is 3. The second-order valence-corrected chi connectivity index (χ2v) is 9.07. The third-order valence-corrected chi connectivity index (χ3v) is 6.02. The Morgan fingerprint density at radius 3 is 2.42 bits per heavy atom. The quantitative estimate of drug-likeness (QED) is 0.374. The van der Waals surface area contributed by atoms with Gasteiger partial charge in [0.25, 0.3) is 0 Å². The molecule has 3 aromatic rings. The average molecular weight is 490 g/mol. The van der Waals surface area contributed by atoms with E-state index in [-0.39, 0.29) is 12.1 Å². The minimum atomic E-state index is -0.320. The van der Waals surface area contributed by atoms with Gasteiger partial charge in [0.2, 0.25) is 0 Å². The molecular formula is C29H35N3O4. The highest BCUT2D eigenvalue weighted by Crippen LogP contribution is 2.23. The molecule has 1 aliphatic heterocycles. The van der Waals surface area contributed by atoms with E-state index < -0.39 is 0 Å². The Hall–Kier alpha value is -3.58. The van der Waals surface area contributed by atoms with Gasteiger partial charge in [0.05, 0.1) is 12.7 Å². The Morgan fingerprint density at radius 2 is 1.69 bits per heavy atom. The van der Waals surface area contributed by atoms with Crippen LogP contribution in [0.2, 0.25) is 0 Å². The Bertz CT molecular complexity index is 1130.